The first-order valence-corrected chi connectivity index (χ1v) is 6.18. The summed E-state index contributed by atoms with van der Waals surface area (Å²) in [5.41, 5.74) is 1.14. The largest absolute Gasteiger partial charge is 0.493 e. The average molecular weight is 267 g/mol. The molecular formula is C14H21NO4. The summed E-state index contributed by atoms with van der Waals surface area (Å²) in [5, 5.41) is 8.62. The number of ether oxygens (including phenoxy) is 2. The van der Waals surface area contributed by atoms with Crippen LogP contribution >= 0.6 is 0 Å². The molecule has 1 N–H and O–H groups in total. The Kier molecular flexibility index (Phi) is 6.15. The molecule has 0 spiro atoms. The van der Waals surface area contributed by atoms with Gasteiger partial charge in [0.25, 0.3) is 0 Å². The number of aliphatic carboxylic acids is 1. The van der Waals surface area contributed by atoms with Gasteiger partial charge in [-0.3, -0.25) is 4.79 Å². The highest BCUT2D eigenvalue weighted by Gasteiger charge is 2.06. The van der Waals surface area contributed by atoms with Gasteiger partial charge in [0.2, 0.25) is 0 Å². The van der Waals surface area contributed by atoms with Gasteiger partial charge in [0.05, 0.1) is 20.6 Å². The minimum absolute atomic E-state index is 0.169. The van der Waals surface area contributed by atoms with Crippen LogP contribution in [0.15, 0.2) is 18.2 Å². The number of likely N-dealkylation sites (N-methyl/N-ethyl adjacent to an activating group) is 1. The van der Waals surface area contributed by atoms with Gasteiger partial charge in [-0.15, -0.1) is 0 Å². The minimum Gasteiger partial charge on any atom is -0.493 e. The lowest BCUT2D eigenvalue weighted by Crippen LogP contribution is -2.24. The van der Waals surface area contributed by atoms with Crippen molar-refractivity contribution >= 4 is 5.97 Å². The van der Waals surface area contributed by atoms with Gasteiger partial charge in [-0.05, 0) is 31.2 Å². The van der Waals surface area contributed by atoms with Crippen molar-refractivity contribution in [3.05, 3.63) is 23.8 Å². The third-order valence-electron chi connectivity index (χ3n) is 2.94. The summed E-state index contributed by atoms with van der Waals surface area (Å²) in [7, 11) is 5.14. The van der Waals surface area contributed by atoms with Crippen LogP contribution in [0.2, 0.25) is 0 Å². The predicted octanol–water partition coefficient (Wildman–Crippen LogP) is 1.65. The van der Waals surface area contributed by atoms with E-state index in [-0.39, 0.29) is 6.42 Å². The van der Waals surface area contributed by atoms with Crippen molar-refractivity contribution in [1.82, 2.24) is 4.90 Å². The quantitative estimate of drug-likeness (QED) is 0.776. The van der Waals surface area contributed by atoms with E-state index in [1.807, 2.05) is 30.1 Å². The lowest BCUT2D eigenvalue weighted by molar-refractivity contribution is -0.137. The molecule has 1 aromatic rings. The minimum atomic E-state index is -0.766. The van der Waals surface area contributed by atoms with E-state index >= 15 is 0 Å². The van der Waals surface area contributed by atoms with Crippen molar-refractivity contribution < 1.29 is 19.4 Å². The molecule has 1 aromatic carbocycles. The van der Waals surface area contributed by atoms with E-state index < -0.39 is 5.97 Å². The van der Waals surface area contributed by atoms with Gasteiger partial charge in [0.1, 0.15) is 0 Å². The molecule has 0 aromatic heterocycles. The fourth-order valence-corrected chi connectivity index (χ4v) is 1.75. The Bertz CT molecular complexity index is 420. The maximum absolute atomic E-state index is 10.5. The molecule has 19 heavy (non-hydrogen) atoms. The number of carbonyl (C=O) groups is 1. The van der Waals surface area contributed by atoms with Gasteiger partial charge in [-0.1, -0.05) is 6.07 Å². The van der Waals surface area contributed by atoms with E-state index in [0.29, 0.717) is 18.0 Å². The van der Waals surface area contributed by atoms with E-state index in [0.717, 1.165) is 18.5 Å². The summed E-state index contributed by atoms with van der Waals surface area (Å²) in [6.07, 6.45) is 1.01. The number of carboxylic acid groups (broad SMARTS) is 1. The Labute approximate surface area is 113 Å². The van der Waals surface area contributed by atoms with Gasteiger partial charge in [-0.2, -0.15) is 0 Å². The molecule has 0 aliphatic rings. The number of nitrogens with zero attached hydrogens (tertiary/aromatic N) is 1. The molecule has 1 rings (SSSR count). The van der Waals surface area contributed by atoms with Crippen molar-refractivity contribution in [2.24, 2.45) is 0 Å². The number of methoxy groups -OCH3 is 2. The van der Waals surface area contributed by atoms with E-state index in [1.165, 1.54) is 0 Å². The molecule has 0 atom stereocenters. The zero-order valence-electron chi connectivity index (χ0n) is 11.7. The maximum Gasteiger partial charge on any atom is 0.304 e. The van der Waals surface area contributed by atoms with Gasteiger partial charge >= 0.3 is 5.97 Å². The molecule has 0 aliphatic carbocycles. The van der Waals surface area contributed by atoms with Crippen molar-refractivity contribution in [1.29, 1.82) is 0 Å². The van der Waals surface area contributed by atoms with Crippen molar-refractivity contribution in [3.63, 3.8) is 0 Å². The van der Waals surface area contributed by atoms with Crippen LogP contribution in [0.4, 0.5) is 0 Å². The van der Waals surface area contributed by atoms with Crippen LogP contribution in [0.1, 0.15) is 12.0 Å². The highest BCUT2D eigenvalue weighted by molar-refractivity contribution is 5.66. The van der Waals surface area contributed by atoms with E-state index in [2.05, 4.69) is 0 Å². The average Bonchev–Trinajstić information content (AvgIpc) is 2.42. The standard InChI is InChI=1S/C14H21NO4/c1-15(9-7-14(16)17)8-6-11-4-5-12(18-2)13(10-11)19-3/h4-5,10H,6-9H2,1-3H3,(H,16,17). The molecule has 106 valence electrons. The fraction of sp³-hybridized carbons (Fsp3) is 0.500. The van der Waals surface area contributed by atoms with Crippen LogP contribution in [0.5, 0.6) is 11.5 Å². The summed E-state index contributed by atoms with van der Waals surface area (Å²) < 4.78 is 10.4. The van der Waals surface area contributed by atoms with E-state index in [1.54, 1.807) is 14.2 Å². The van der Waals surface area contributed by atoms with Crippen LogP contribution in [-0.2, 0) is 11.2 Å². The molecule has 0 amide bonds. The SMILES string of the molecule is COc1ccc(CCN(C)CCC(=O)O)cc1OC. The number of hydrogen-bond donors (Lipinski definition) is 1. The molecule has 0 unspecified atom stereocenters. The normalized spacial score (nSPS) is 10.5. The third-order valence-corrected chi connectivity index (χ3v) is 2.94. The summed E-state index contributed by atoms with van der Waals surface area (Å²) >= 11 is 0. The van der Waals surface area contributed by atoms with Gasteiger partial charge in [0, 0.05) is 13.1 Å². The lowest BCUT2D eigenvalue weighted by Gasteiger charge is -2.16. The topological polar surface area (TPSA) is 59.0 Å². The monoisotopic (exact) mass is 267 g/mol. The first kappa shape index (κ1) is 15.3. The van der Waals surface area contributed by atoms with Crippen LogP contribution in [0, 0.1) is 0 Å². The summed E-state index contributed by atoms with van der Waals surface area (Å²) in [6, 6.07) is 5.82. The molecule has 0 radical (unpaired) electrons. The maximum atomic E-state index is 10.5. The molecule has 0 saturated heterocycles. The first-order chi connectivity index (χ1) is 9.06. The first-order valence-electron chi connectivity index (χ1n) is 6.18. The highest BCUT2D eigenvalue weighted by Crippen LogP contribution is 2.27. The second-order valence-electron chi connectivity index (χ2n) is 4.39. The second kappa shape index (κ2) is 7.63. The Morgan fingerprint density at radius 3 is 2.47 bits per heavy atom. The van der Waals surface area contributed by atoms with Gasteiger partial charge < -0.3 is 19.5 Å². The van der Waals surface area contributed by atoms with Gasteiger partial charge in [0.15, 0.2) is 11.5 Å². The third kappa shape index (κ3) is 5.18. The van der Waals surface area contributed by atoms with Crippen molar-refractivity contribution in [2.75, 3.05) is 34.4 Å². The smallest absolute Gasteiger partial charge is 0.304 e. The molecule has 5 heteroatoms. The van der Waals surface area contributed by atoms with Gasteiger partial charge in [-0.25, -0.2) is 0 Å². The van der Waals surface area contributed by atoms with E-state index in [9.17, 15) is 4.79 Å². The molecule has 5 nitrogen and oxygen atoms in total. The predicted molar refractivity (Wildman–Crippen MR) is 73.0 cm³/mol. The van der Waals surface area contributed by atoms with Crippen LogP contribution < -0.4 is 9.47 Å². The molecular weight excluding hydrogens is 246 g/mol. The molecule has 0 bridgehead atoms. The Morgan fingerprint density at radius 2 is 1.89 bits per heavy atom. The Hall–Kier alpha value is -1.75. The number of carboxylic acids is 1. The highest BCUT2D eigenvalue weighted by atomic mass is 16.5. The zero-order valence-corrected chi connectivity index (χ0v) is 11.7. The number of hydrogen-bond acceptors (Lipinski definition) is 4. The van der Waals surface area contributed by atoms with E-state index in [4.69, 9.17) is 14.6 Å². The fourth-order valence-electron chi connectivity index (χ4n) is 1.75. The molecule has 0 saturated carbocycles. The lowest BCUT2D eigenvalue weighted by atomic mass is 10.1. The Morgan fingerprint density at radius 1 is 1.21 bits per heavy atom. The molecule has 0 heterocycles. The number of benzene rings is 1. The van der Waals surface area contributed by atoms with Crippen molar-refractivity contribution in [2.45, 2.75) is 12.8 Å². The van der Waals surface area contributed by atoms with Crippen LogP contribution in [0.25, 0.3) is 0 Å². The number of rotatable bonds is 8. The molecule has 0 fully saturated rings. The summed E-state index contributed by atoms with van der Waals surface area (Å²) in [6.45, 7) is 1.37. The molecule has 0 aliphatic heterocycles. The Balaban J connectivity index is 2.51. The summed E-state index contributed by atoms with van der Waals surface area (Å²) in [4.78, 5) is 12.5. The van der Waals surface area contributed by atoms with Crippen LogP contribution in [-0.4, -0.2) is 50.3 Å². The summed E-state index contributed by atoms with van der Waals surface area (Å²) in [5.74, 6) is 0.664. The second-order valence-corrected chi connectivity index (χ2v) is 4.39. The zero-order chi connectivity index (χ0) is 14.3. The van der Waals surface area contributed by atoms with Crippen molar-refractivity contribution in [3.8, 4) is 11.5 Å². The van der Waals surface area contributed by atoms with Crippen LogP contribution in [0.3, 0.4) is 0 Å².